The lowest BCUT2D eigenvalue weighted by atomic mass is 9.98. The lowest BCUT2D eigenvalue weighted by Crippen LogP contribution is -2.34. The number of rotatable bonds is 8. The fraction of sp³-hybridized carbons (Fsp3) is 0.455. The van der Waals surface area contributed by atoms with Crippen molar-refractivity contribution in [3.05, 3.63) is 41.6 Å². The van der Waals surface area contributed by atoms with Crippen LogP contribution in [0.25, 0.3) is 17.1 Å². The van der Waals surface area contributed by atoms with Crippen molar-refractivity contribution < 1.29 is 13.5 Å². The van der Waals surface area contributed by atoms with Gasteiger partial charge in [0, 0.05) is 25.2 Å². The molecule has 0 bridgehead atoms. The van der Waals surface area contributed by atoms with Crippen LogP contribution in [0.3, 0.4) is 0 Å². The maximum Gasteiger partial charge on any atom is 0.255 e. The predicted molar refractivity (Wildman–Crippen MR) is 122 cm³/mol. The summed E-state index contributed by atoms with van der Waals surface area (Å²) in [5.41, 5.74) is -0.159. The Hall–Kier alpha value is -2.85. The number of hydrogen-bond donors (Lipinski definition) is 1. The molecule has 0 amide bonds. The maximum atomic E-state index is 15.2. The highest BCUT2D eigenvalue weighted by Gasteiger charge is 2.28. The Labute approximate surface area is 196 Å². The number of ether oxygens (including phenoxy) is 1. The molecule has 1 N–H and O–H groups in total. The smallest absolute Gasteiger partial charge is 0.255 e. The Balaban J connectivity index is 1.76. The average molecular weight is 478 g/mol. The molecular weight excluding hydrogens is 452 g/mol. The number of halogens is 3. The van der Waals surface area contributed by atoms with E-state index in [1.165, 1.54) is 29.5 Å². The Morgan fingerprint density at radius 2 is 1.88 bits per heavy atom. The molecule has 4 rings (SSSR count). The molecule has 0 aliphatic carbocycles. The molecule has 33 heavy (non-hydrogen) atoms. The second kappa shape index (κ2) is 10.4. The number of aromatic nitrogens is 5. The summed E-state index contributed by atoms with van der Waals surface area (Å²) in [5.74, 6) is -0.347. The monoisotopic (exact) mass is 477 g/mol. The van der Waals surface area contributed by atoms with Crippen LogP contribution in [0.15, 0.2) is 24.8 Å². The third kappa shape index (κ3) is 5.22. The molecule has 1 fully saturated rings. The zero-order valence-electron chi connectivity index (χ0n) is 18.6. The van der Waals surface area contributed by atoms with E-state index < -0.39 is 11.6 Å². The molecule has 3 aromatic rings. The van der Waals surface area contributed by atoms with Gasteiger partial charge in [-0.25, -0.2) is 13.8 Å². The SMILES string of the molecule is CNCCCOc1cc(F)c(-c2c(Cl)nc(-n3cncn3)nc2N2CCC(C)CC2)c(F)c1. The third-order valence-electron chi connectivity index (χ3n) is 5.65. The minimum Gasteiger partial charge on any atom is -0.493 e. The molecular formula is C22H26ClF2N7O. The molecule has 1 aliphatic rings. The lowest BCUT2D eigenvalue weighted by Gasteiger charge is -2.32. The number of nitrogens with one attached hydrogen (secondary N) is 1. The van der Waals surface area contributed by atoms with Crippen LogP contribution in [-0.4, -0.2) is 58.0 Å². The van der Waals surface area contributed by atoms with Gasteiger partial charge in [-0.2, -0.15) is 19.7 Å². The summed E-state index contributed by atoms with van der Waals surface area (Å²) >= 11 is 6.53. The Kier molecular flexibility index (Phi) is 7.34. The van der Waals surface area contributed by atoms with Gasteiger partial charge in [-0.05, 0) is 38.8 Å². The zero-order chi connectivity index (χ0) is 23.4. The first kappa shape index (κ1) is 23.3. The summed E-state index contributed by atoms with van der Waals surface area (Å²) in [6, 6.07) is 2.34. The van der Waals surface area contributed by atoms with Crippen molar-refractivity contribution in [3.63, 3.8) is 0 Å². The van der Waals surface area contributed by atoms with Crippen molar-refractivity contribution in [1.82, 2.24) is 30.0 Å². The van der Waals surface area contributed by atoms with Crippen LogP contribution in [0.4, 0.5) is 14.6 Å². The molecule has 0 radical (unpaired) electrons. The standard InChI is InChI=1S/C22H26ClF2N7O/c1-14-4-7-31(8-5-14)21-19(20(23)29-22(30-21)32-13-27-12-28-32)18-16(24)10-15(11-17(18)25)33-9-3-6-26-2/h10-14,26H,3-9H2,1-2H3. The fourth-order valence-corrected chi connectivity index (χ4v) is 4.06. The van der Waals surface area contributed by atoms with Crippen molar-refractivity contribution in [2.24, 2.45) is 5.92 Å². The number of benzene rings is 1. The summed E-state index contributed by atoms with van der Waals surface area (Å²) < 4.78 is 37.4. The van der Waals surface area contributed by atoms with Gasteiger partial charge in [-0.15, -0.1) is 0 Å². The van der Waals surface area contributed by atoms with Gasteiger partial charge in [-0.1, -0.05) is 18.5 Å². The normalized spacial score (nSPS) is 14.6. The summed E-state index contributed by atoms with van der Waals surface area (Å²) in [6.07, 6.45) is 5.37. The predicted octanol–water partition coefficient (Wildman–Crippen LogP) is 3.88. The number of hydrogen-bond acceptors (Lipinski definition) is 7. The molecule has 1 aliphatic heterocycles. The Bertz CT molecular complexity index is 1070. The van der Waals surface area contributed by atoms with Crippen molar-refractivity contribution in [2.75, 3.05) is 38.2 Å². The second-order valence-corrected chi connectivity index (χ2v) is 8.45. The highest BCUT2D eigenvalue weighted by molar-refractivity contribution is 6.32. The van der Waals surface area contributed by atoms with Crippen molar-refractivity contribution >= 4 is 17.4 Å². The van der Waals surface area contributed by atoms with E-state index in [0.29, 0.717) is 37.9 Å². The van der Waals surface area contributed by atoms with E-state index in [9.17, 15) is 0 Å². The molecule has 1 saturated heterocycles. The molecule has 176 valence electrons. The first-order chi connectivity index (χ1) is 16.0. The molecule has 11 heteroatoms. The van der Waals surface area contributed by atoms with Crippen LogP contribution in [0.1, 0.15) is 26.2 Å². The number of piperidine rings is 1. The molecule has 0 spiro atoms. The molecule has 2 aromatic heterocycles. The van der Waals surface area contributed by atoms with E-state index >= 15 is 8.78 Å². The first-order valence-corrected chi connectivity index (χ1v) is 11.3. The zero-order valence-corrected chi connectivity index (χ0v) is 19.3. The quantitative estimate of drug-likeness (QED) is 0.389. The third-order valence-corrected chi connectivity index (χ3v) is 5.92. The van der Waals surface area contributed by atoms with Crippen LogP contribution in [0, 0.1) is 17.6 Å². The van der Waals surface area contributed by atoms with Crippen LogP contribution in [0.2, 0.25) is 5.15 Å². The first-order valence-electron chi connectivity index (χ1n) is 10.9. The van der Waals surface area contributed by atoms with Gasteiger partial charge in [0.25, 0.3) is 5.95 Å². The topological polar surface area (TPSA) is 81.0 Å². The van der Waals surface area contributed by atoms with Gasteiger partial charge < -0.3 is 15.0 Å². The van der Waals surface area contributed by atoms with Gasteiger partial charge in [0.05, 0.1) is 17.7 Å². The fourth-order valence-electron chi connectivity index (χ4n) is 3.80. The van der Waals surface area contributed by atoms with E-state index in [-0.39, 0.29) is 28.0 Å². The molecule has 3 heterocycles. The highest BCUT2D eigenvalue weighted by atomic mass is 35.5. The van der Waals surface area contributed by atoms with Gasteiger partial charge >= 0.3 is 0 Å². The van der Waals surface area contributed by atoms with Crippen LogP contribution >= 0.6 is 11.6 Å². The number of anilines is 1. The Morgan fingerprint density at radius 3 is 2.52 bits per heavy atom. The van der Waals surface area contributed by atoms with E-state index in [4.69, 9.17) is 16.3 Å². The summed E-state index contributed by atoms with van der Waals surface area (Å²) in [4.78, 5) is 14.8. The molecule has 0 saturated carbocycles. The molecule has 0 unspecified atom stereocenters. The lowest BCUT2D eigenvalue weighted by molar-refractivity contribution is 0.306. The van der Waals surface area contributed by atoms with Crippen molar-refractivity contribution in [1.29, 1.82) is 0 Å². The summed E-state index contributed by atoms with van der Waals surface area (Å²) in [6.45, 7) is 4.64. The molecule has 8 nitrogen and oxygen atoms in total. The van der Waals surface area contributed by atoms with E-state index in [1.807, 2.05) is 11.9 Å². The highest BCUT2D eigenvalue weighted by Crippen LogP contribution is 2.40. The second-order valence-electron chi connectivity index (χ2n) is 8.09. The molecule has 1 aromatic carbocycles. The van der Waals surface area contributed by atoms with Gasteiger partial charge in [0.2, 0.25) is 0 Å². The molecule has 0 atom stereocenters. The average Bonchev–Trinajstić information content (AvgIpc) is 3.33. The van der Waals surface area contributed by atoms with Crippen molar-refractivity contribution in [2.45, 2.75) is 26.2 Å². The number of nitrogens with zero attached hydrogens (tertiary/aromatic N) is 6. The summed E-state index contributed by atoms with van der Waals surface area (Å²) in [7, 11) is 1.83. The van der Waals surface area contributed by atoms with Gasteiger partial charge in [-0.3, -0.25) is 0 Å². The van der Waals surface area contributed by atoms with E-state index in [2.05, 4.69) is 32.3 Å². The van der Waals surface area contributed by atoms with Gasteiger partial charge in [0.15, 0.2) is 0 Å². The Morgan fingerprint density at radius 1 is 1.15 bits per heavy atom. The van der Waals surface area contributed by atoms with E-state index in [1.54, 1.807) is 0 Å². The maximum absolute atomic E-state index is 15.2. The van der Waals surface area contributed by atoms with Crippen LogP contribution in [-0.2, 0) is 0 Å². The van der Waals surface area contributed by atoms with Gasteiger partial charge in [0.1, 0.15) is 41.0 Å². The summed E-state index contributed by atoms with van der Waals surface area (Å²) in [5, 5.41) is 6.98. The minimum atomic E-state index is -0.788. The largest absolute Gasteiger partial charge is 0.493 e. The minimum absolute atomic E-state index is 0.0652. The van der Waals surface area contributed by atoms with Crippen molar-refractivity contribution in [3.8, 4) is 22.8 Å². The van der Waals surface area contributed by atoms with Crippen LogP contribution < -0.4 is 15.0 Å². The van der Waals surface area contributed by atoms with Crippen LogP contribution in [0.5, 0.6) is 5.75 Å². The van der Waals surface area contributed by atoms with E-state index in [0.717, 1.165) is 19.4 Å².